The summed E-state index contributed by atoms with van der Waals surface area (Å²) >= 11 is 3.24. The van der Waals surface area contributed by atoms with Crippen molar-refractivity contribution in [3.8, 4) is 11.5 Å². The van der Waals surface area contributed by atoms with Crippen molar-refractivity contribution in [1.82, 2.24) is 10.2 Å². The smallest absolute Gasteiger partial charge is 0.341 e. The van der Waals surface area contributed by atoms with Crippen LogP contribution in [0.15, 0.2) is 34.8 Å². The largest absolute Gasteiger partial charge is 0.493 e. The maximum Gasteiger partial charge on any atom is 0.341 e. The highest BCUT2D eigenvalue weighted by Gasteiger charge is 2.35. The summed E-state index contributed by atoms with van der Waals surface area (Å²) in [6.45, 7) is 2.84. The van der Waals surface area contributed by atoms with Crippen molar-refractivity contribution in [1.29, 1.82) is 0 Å². The minimum atomic E-state index is -1.16. The van der Waals surface area contributed by atoms with Gasteiger partial charge in [-0.15, -0.1) is 6.58 Å². The quantitative estimate of drug-likeness (QED) is 0.376. The molecule has 4 amide bonds. The van der Waals surface area contributed by atoms with Crippen LogP contribution in [0.5, 0.6) is 11.5 Å². The number of benzene rings is 1. The molecule has 0 unspecified atom stereocenters. The number of methoxy groups -OCH3 is 1. The lowest BCUT2D eigenvalue weighted by molar-refractivity contribution is -0.139. The van der Waals surface area contributed by atoms with Crippen LogP contribution in [0.4, 0.5) is 4.79 Å². The summed E-state index contributed by atoms with van der Waals surface area (Å²) in [4.78, 5) is 47.7. The zero-order chi connectivity index (χ0) is 20.1. The molecule has 1 aliphatic rings. The van der Waals surface area contributed by atoms with Gasteiger partial charge in [0.15, 0.2) is 18.1 Å². The molecule has 0 saturated carbocycles. The predicted molar refractivity (Wildman–Crippen MR) is 97.3 cm³/mol. The van der Waals surface area contributed by atoms with Crippen molar-refractivity contribution in [3.05, 3.63) is 40.4 Å². The van der Waals surface area contributed by atoms with E-state index < -0.39 is 30.4 Å². The van der Waals surface area contributed by atoms with Crippen molar-refractivity contribution in [2.24, 2.45) is 0 Å². The maximum atomic E-state index is 12.4. The van der Waals surface area contributed by atoms with Crippen LogP contribution in [0.2, 0.25) is 0 Å². The van der Waals surface area contributed by atoms with Gasteiger partial charge in [-0.3, -0.25) is 19.8 Å². The van der Waals surface area contributed by atoms with E-state index in [-0.39, 0.29) is 23.6 Å². The van der Waals surface area contributed by atoms with E-state index in [4.69, 9.17) is 14.6 Å². The summed E-state index contributed by atoms with van der Waals surface area (Å²) in [6.07, 6.45) is 2.65. The third kappa shape index (κ3) is 4.53. The van der Waals surface area contributed by atoms with Crippen molar-refractivity contribution in [3.63, 3.8) is 0 Å². The molecule has 10 heteroatoms. The number of hydrogen-bond acceptors (Lipinski definition) is 6. The Morgan fingerprint density at radius 3 is 2.67 bits per heavy atom. The van der Waals surface area contributed by atoms with Gasteiger partial charge in [0.05, 0.1) is 11.6 Å². The fourth-order valence-electron chi connectivity index (χ4n) is 2.25. The van der Waals surface area contributed by atoms with Gasteiger partial charge in [-0.2, -0.15) is 0 Å². The first kappa shape index (κ1) is 20.2. The Morgan fingerprint density at radius 1 is 1.37 bits per heavy atom. The molecular formula is C17H15BrN2O7. The van der Waals surface area contributed by atoms with Crippen LogP contribution in [-0.2, 0) is 14.4 Å². The van der Waals surface area contributed by atoms with Crippen LogP contribution in [0.1, 0.15) is 5.56 Å². The zero-order valence-corrected chi connectivity index (χ0v) is 15.7. The molecule has 9 nitrogen and oxygen atoms in total. The third-order valence-corrected chi connectivity index (χ3v) is 3.99. The SMILES string of the molecule is C=CCN1C(=O)NC(=O)/C(=C\c2cc(Br)c(OCC(=O)O)c(OC)c2)C1=O. The number of carbonyl (C=O) groups excluding carboxylic acids is 3. The van der Waals surface area contributed by atoms with E-state index in [0.717, 1.165) is 4.90 Å². The molecule has 0 spiro atoms. The average Bonchev–Trinajstić information content (AvgIpc) is 2.60. The van der Waals surface area contributed by atoms with Gasteiger partial charge in [0, 0.05) is 6.54 Å². The molecule has 2 rings (SSSR count). The number of rotatable bonds is 7. The van der Waals surface area contributed by atoms with E-state index in [1.54, 1.807) is 0 Å². The summed E-state index contributed by atoms with van der Waals surface area (Å²) < 4.78 is 10.7. The van der Waals surface area contributed by atoms with Gasteiger partial charge in [-0.1, -0.05) is 6.08 Å². The third-order valence-electron chi connectivity index (χ3n) is 3.40. The summed E-state index contributed by atoms with van der Waals surface area (Å²) in [6, 6.07) is 2.16. The second kappa shape index (κ2) is 8.49. The second-order valence-corrected chi connectivity index (χ2v) is 6.09. The first-order chi connectivity index (χ1) is 12.8. The van der Waals surface area contributed by atoms with Crippen LogP contribution < -0.4 is 14.8 Å². The molecule has 0 aromatic heterocycles. The number of amides is 4. The first-order valence-corrected chi connectivity index (χ1v) is 8.29. The minimum Gasteiger partial charge on any atom is -0.493 e. The van der Waals surface area contributed by atoms with Crippen molar-refractivity contribution >= 4 is 45.8 Å². The fourth-order valence-corrected chi connectivity index (χ4v) is 2.83. The van der Waals surface area contributed by atoms with Gasteiger partial charge in [0.2, 0.25) is 0 Å². The molecule has 0 aliphatic carbocycles. The fraction of sp³-hybridized carbons (Fsp3) is 0.176. The Hall–Kier alpha value is -3.14. The number of nitrogens with zero attached hydrogens (tertiary/aromatic N) is 1. The number of nitrogens with one attached hydrogen (secondary N) is 1. The number of carbonyl (C=O) groups is 4. The van der Waals surface area contributed by atoms with Gasteiger partial charge in [-0.05, 0) is 39.7 Å². The molecule has 0 atom stereocenters. The molecule has 1 heterocycles. The first-order valence-electron chi connectivity index (χ1n) is 7.50. The molecule has 27 heavy (non-hydrogen) atoms. The Bertz CT molecular complexity index is 863. The maximum absolute atomic E-state index is 12.4. The van der Waals surface area contributed by atoms with Crippen LogP contribution in [0, 0.1) is 0 Å². The second-order valence-electron chi connectivity index (χ2n) is 5.24. The van der Waals surface area contributed by atoms with Crippen LogP contribution in [-0.4, -0.2) is 54.1 Å². The molecule has 1 fully saturated rings. The molecule has 1 aromatic rings. The number of halogens is 1. The van der Waals surface area contributed by atoms with Gasteiger partial charge in [-0.25, -0.2) is 9.59 Å². The summed E-state index contributed by atoms with van der Waals surface area (Å²) in [5, 5.41) is 10.8. The molecule has 1 aliphatic heterocycles. The number of carboxylic acids is 1. The van der Waals surface area contributed by atoms with E-state index in [1.165, 1.54) is 31.4 Å². The van der Waals surface area contributed by atoms with Gasteiger partial charge in [0.25, 0.3) is 11.8 Å². The van der Waals surface area contributed by atoms with E-state index in [9.17, 15) is 19.2 Å². The molecule has 1 saturated heterocycles. The topological polar surface area (TPSA) is 122 Å². The number of aliphatic carboxylic acids is 1. The number of barbiturate groups is 1. The van der Waals surface area contributed by atoms with Crippen LogP contribution in [0.3, 0.4) is 0 Å². The number of urea groups is 1. The van der Waals surface area contributed by atoms with Crippen LogP contribution >= 0.6 is 15.9 Å². The van der Waals surface area contributed by atoms with E-state index in [0.29, 0.717) is 10.0 Å². The van der Waals surface area contributed by atoms with Crippen molar-refractivity contribution in [2.45, 2.75) is 0 Å². The molecule has 1 aromatic carbocycles. The monoisotopic (exact) mass is 438 g/mol. The molecular weight excluding hydrogens is 424 g/mol. The Balaban J connectivity index is 2.42. The molecule has 142 valence electrons. The Kier molecular flexibility index (Phi) is 6.35. The molecule has 0 bridgehead atoms. The highest BCUT2D eigenvalue weighted by Crippen LogP contribution is 2.37. The average molecular weight is 439 g/mol. The standard InChI is InChI=1S/C17H15BrN2O7/c1-3-4-20-16(24)10(15(23)19-17(20)25)5-9-6-11(18)14(12(7-9)26-2)27-8-13(21)22/h3,5-7H,1,4,8H2,2H3,(H,21,22)(H,19,23,25)/b10-5+. The summed E-state index contributed by atoms with van der Waals surface area (Å²) in [7, 11) is 1.36. The number of hydrogen-bond donors (Lipinski definition) is 2. The predicted octanol–water partition coefficient (Wildman–Crippen LogP) is 1.57. The number of carboxylic acid groups (broad SMARTS) is 1. The van der Waals surface area contributed by atoms with Gasteiger partial charge >= 0.3 is 12.0 Å². The lowest BCUT2D eigenvalue weighted by Gasteiger charge is -2.25. The van der Waals surface area contributed by atoms with E-state index in [2.05, 4.69) is 27.8 Å². The lowest BCUT2D eigenvalue weighted by Crippen LogP contribution is -2.54. The molecule has 0 radical (unpaired) electrons. The Morgan fingerprint density at radius 2 is 2.07 bits per heavy atom. The normalized spacial score (nSPS) is 15.6. The summed E-state index contributed by atoms with van der Waals surface area (Å²) in [5.41, 5.74) is 0.150. The van der Waals surface area contributed by atoms with Gasteiger partial charge < -0.3 is 14.6 Å². The Labute approximate surface area is 162 Å². The summed E-state index contributed by atoms with van der Waals surface area (Å²) in [5.74, 6) is -2.40. The van der Waals surface area contributed by atoms with Crippen molar-refractivity contribution in [2.75, 3.05) is 20.3 Å². The van der Waals surface area contributed by atoms with Gasteiger partial charge in [0.1, 0.15) is 5.57 Å². The van der Waals surface area contributed by atoms with E-state index >= 15 is 0 Å². The number of imide groups is 2. The van der Waals surface area contributed by atoms with Crippen LogP contribution in [0.25, 0.3) is 6.08 Å². The lowest BCUT2D eigenvalue weighted by atomic mass is 10.1. The molecule has 2 N–H and O–H groups in total. The van der Waals surface area contributed by atoms with Crippen molar-refractivity contribution < 1.29 is 33.8 Å². The minimum absolute atomic E-state index is 0.0513. The number of ether oxygens (including phenoxy) is 2. The highest BCUT2D eigenvalue weighted by molar-refractivity contribution is 9.10. The van der Waals surface area contributed by atoms with E-state index in [1.807, 2.05) is 0 Å². The highest BCUT2D eigenvalue weighted by atomic mass is 79.9. The zero-order valence-electron chi connectivity index (χ0n) is 14.2.